The Bertz CT molecular complexity index is 1180. The summed E-state index contributed by atoms with van der Waals surface area (Å²) in [7, 11) is 1.49. The minimum atomic E-state index is -0.547. The molecule has 1 aliphatic carbocycles. The van der Waals surface area contributed by atoms with E-state index < -0.39 is 17.9 Å². The predicted molar refractivity (Wildman–Crippen MR) is 129 cm³/mol. The highest BCUT2D eigenvalue weighted by atomic mass is 16.7. The number of phenolic OH excluding ortho intramolecular Hbond substituents is 1. The van der Waals surface area contributed by atoms with Crippen molar-refractivity contribution in [3.05, 3.63) is 46.5 Å². The van der Waals surface area contributed by atoms with Crippen LogP contribution in [0, 0.1) is 18.8 Å². The van der Waals surface area contributed by atoms with Crippen LogP contribution < -0.4 is 30.6 Å². The van der Waals surface area contributed by atoms with Gasteiger partial charge in [0.15, 0.2) is 23.0 Å². The summed E-state index contributed by atoms with van der Waals surface area (Å²) in [4.78, 5) is 25.9. The van der Waals surface area contributed by atoms with Gasteiger partial charge in [-0.05, 0) is 66.8 Å². The van der Waals surface area contributed by atoms with Gasteiger partial charge in [-0.2, -0.15) is 0 Å². The number of urea groups is 1. The normalized spacial score (nSPS) is 23.5. The van der Waals surface area contributed by atoms with Gasteiger partial charge in [0.05, 0.1) is 25.7 Å². The highest BCUT2D eigenvalue weighted by Crippen LogP contribution is 2.54. The van der Waals surface area contributed by atoms with Crippen LogP contribution in [0.3, 0.4) is 0 Å². The number of nitrogens with one attached hydrogen (secondary N) is 2. The Kier molecular flexibility index (Phi) is 6.53. The van der Waals surface area contributed by atoms with Gasteiger partial charge in [0.25, 0.3) is 0 Å². The van der Waals surface area contributed by atoms with E-state index in [0.717, 1.165) is 29.5 Å². The second-order valence-corrected chi connectivity index (χ2v) is 9.39. The number of methoxy groups -OCH3 is 1. The summed E-state index contributed by atoms with van der Waals surface area (Å²) in [6.07, 6.45) is 1.60. The first-order valence-corrected chi connectivity index (χ1v) is 12.1. The molecule has 5 N–H and O–H groups in total. The molecule has 4 atom stereocenters. The number of amides is 2. The number of rotatable bonds is 7. The smallest absolute Gasteiger partial charge is 0.315 e. The number of unbranched alkanes of at least 4 members (excludes halogenated alkanes) is 1. The molecule has 2 heterocycles. The van der Waals surface area contributed by atoms with Crippen molar-refractivity contribution in [1.29, 1.82) is 0 Å². The standard InChI is InChI=1S/C26H31N3O7/c1-13-7-14(8-20(33-2)24(13)30)21-15-9-18-19(36-12-35-18)10-16(15)23(17-11-34-25(31)22(17)21)29-26(32)28-6-4-3-5-27/h7-10,17,21-23,30H,3-6,11-12,27H2,1-2H3,(H2,28,29,32)/t17-,21?,22-,23+/m0/s1. The van der Waals surface area contributed by atoms with E-state index in [-0.39, 0.29) is 37.1 Å². The molecule has 5 rings (SSSR count). The molecule has 0 aromatic heterocycles. The van der Waals surface area contributed by atoms with Gasteiger partial charge < -0.3 is 40.4 Å². The molecule has 1 saturated heterocycles. The van der Waals surface area contributed by atoms with E-state index in [1.165, 1.54) is 7.11 Å². The van der Waals surface area contributed by atoms with E-state index in [1.807, 2.05) is 18.2 Å². The number of esters is 1. The van der Waals surface area contributed by atoms with Crippen molar-refractivity contribution in [2.45, 2.75) is 31.7 Å². The molecular formula is C26H31N3O7. The van der Waals surface area contributed by atoms with Crippen LogP contribution in [0.2, 0.25) is 0 Å². The van der Waals surface area contributed by atoms with E-state index in [0.29, 0.717) is 35.9 Å². The van der Waals surface area contributed by atoms with Gasteiger partial charge in [-0.1, -0.05) is 6.07 Å². The second kappa shape index (κ2) is 9.77. The average Bonchev–Trinajstić information content (AvgIpc) is 3.49. The Balaban J connectivity index is 1.59. The first-order valence-electron chi connectivity index (χ1n) is 12.1. The lowest BCUT2D eigenvalue weighted by atomic mass is 9.65. The van der Waals surface area contributed by atoms with Gasteiger partial charge >= 0.3 is 12.0 Å². The minimum Gasteiger partial charge on any atom is -0.504 e. The molecule has 1 fully saturated rings. The third-order valence-corrected chi connectivity index (χ3v) is 7.26. The van der Waals surface area contributed by atoms with Crippen LogP contribution in [0.5, 0.6) is 23.0 Å². The van der Waals surface area contributed by atoms with Gasteiger partial charge in [-0.25, -0.2) is 4.79 Å². The number of nitrogens with two attached hydrogens (primary N) is 1. The van der Waals surface area contributed by atoms with E-state index in [9.17, 15) is 14.7 Å². The number of fused-ring (bicyclic) bond motifs is 3. The maximum atomic E-state index is 13.1. The molecule has 10 nitrogen and oxygen atoms in total. The summed E-state index contributed by atoms with van der Waals surface area (Å²) >= 11 is 0. The Hall–Kier alpha value is -3.66. The molecule has 2 amide bonds. The molecule has 0 radical (unpaired) electrons. The monoisotopic (exact) mass is 497 g/mol. The maximum Gasteiger partial charge on any atom is 0.315 e. The molecule has 0 bridgehead atoms. The van der Waals surface area contributed by atoms with Crippen LogP contribution in [-0.4, -0.2) is 50.7 Å². The van der Waals surface area contributed by atoms with Crippen molar-refractivity contribution in [3.63, 3.8) is 0 Å². The fraction of sp³-hybridized carbons (Fsp3) is 0.462. The van der Waals surface area contributed by atoms with Crippen molar-refractivity contribution >= 4 is 12.0 Å². The van der Waals surface area contributed by atoms with E-state index >= 15 is 0 Å². The quantitative estimate of drug-likeness (QED) is 0.338. The number of hydrogen-bond acceptors (Lipinski definition) is 8. The van der Waals surface area contributed by atoms with Crippen molar-refractivity contribution in [2.24, 2.45) is 17.6 Å². The van der Waals surface area contributed by atoms with Crippen LogP contribution in [0.1, 0.15) is 47.1 Å². The zero-order chi connectivity index (χ0) is 25.4. The number of phenols is 1. The van der Waals surface area contributed by atoms with Crippen molar-refractivity contribution in [1.82, 2.24) is 10.6 Å². The van der Waals surface area contributed by atoms with Gasteiger partial charge in [-0.15, -0.1) is 0 Å². The molecule has 2 aliphatic heterocycles. The van der Waals surface area contributed by atoms with E-state index in [2.05, 4.69) is 10.6 Å². The van der Waals surface area contributed by atoms with Gasteiger partial charge in [0, 0.05) is 18.4 Å². The number of hydrogen-bond donors (Lipinski definition) is 4. The Labute approximate surface area is 209 Å². The van der Waals surface area contributed by atoms with Gasteiger partial charge in [-0.3, -0.25) is 4.79 Å². The molecule has 2 aromatic rings. The number of carbonyl (C=O) groups excluding carboxylic acids is 2. The number of carbonyl (C=O) groups is 2. The lowest BCUT2D eigenvalue weighted by Gasteiger charge is -2.39. The van der Waals surface area contributed by atoms with Gasteiger partial charge in [0.2, 0.25) is 6.79 Å². The van der Waals surface area contributed by atoms with Crippen LogP contribution in [-0.2, 0) is 9.53 Å². The third-order valence-electron chi connectivity index (χ3n) is 7.26. The number of benzene rings is 2. The fourth-order valence-electron chi connectivity index (χ4n) is 5.52. The van der Waals surface area contributed by atoms with Gasteiger partial charge in [0.1, 0.15) is 0 Å². The third kappa shape index (κ3) is 4.15. The summed E-state index contributed by atoms with van der Waals surface area (Å²) in [5.74, 6) is -0.0191. The summed E-state index contributed by atoms with van der Waals surface area (Å²) in [6, 6.07) is 6.58. The van der Waals surface area contributed by atoms with Crippen LogP contribution in [0.4, 0.5) is 4.79 Å². The molecule has 0 saturated carbocycles. The zero-order valence-electron chi connectivity index (χ0n) is 20.3. The minimum absolute atomic E-state index is 0.0550. The van der Waals surface area contributed by atoms with Crippen molar-refractivity contribution in [3.8, 4) is 23.0 Å². The number of aryl methyl sites for hydroxylation is 1. The number of ether oxygens (including phenoxy) is 4. The van der Waals surface area contributed by atoms with Crippen LogP contribution in [0.25, 0.3) is 0 Å². The zero-order valence-corrected chi connectivity index (χ0v) is 20.3. The molecule has 192 valence electrons. The summed E-state index contributed by atoms with van der Waals surface area (Å²) in [5, 5.41) is 16.4. The SMILES string of the molecule is COc1cc(C2c3cc4c(cc3[C@@H](NC(=O)NCCCCN)[C@H]3COC(=O)[C@H]23)OCO4)cc(C)c1O. The molecule has 3 aliphatic rings. The highest BCUT2D eigenvalue weighted by Gasteiger charge is 2.53. The average molecular weight is 498 g/mol. The summed E-state index contributed by atoms with van der Waals surface area (Å²) < 4.78 is 22.2. The summed E-state index contributed by atoms with van der Waals surface area (Å²) in [5.41, 5.74) is 8.65. The summed E-state index contributed by atoms with van der Waals surface area (Å²) in [6.45, 7) is 3.14. The predicted octanol–water partition coefficient (Wildman–Crippen LogP) is 2.45. The highest BCUT2D eigenvalue weighted by molar-refractivity contribution is 5.80. The maximum absolute atomic E-state index is 13.1. The lowest BCUT2D eigenvalue weighted by Crippen LogP contribution is -2.46. The number of cyclic esters (lactones) is 1. The molecular weight excluding hydrogens is 466 g/mol. The molecule has 36 heavy (non-hydrogen) atoms. The first kappa shape index (κ1) is 24.1. The Morgan fingerprint density at radius 3 is 2.61 bits per heavy atom. The molecule has 1 unspecified atom stereocenters. The van der Waals surface area contributed by atoms with E-state index in [4.69, 9.17) is 24.7 Å². The topological polar surface area (TPSA) is 141 Å². The Morgan fingerprint density at radius 1 is 1.14 bits per heavy atom. The molecule has 0 spiro atoms. The van der Waals surface area contributed by atoms with E-state index in [1.54, 1.807) is 13.0 Å². The van der Waals surface area contributed by atoms with Crippen LogP contribution >= 0.6 is 0 Å². The van der Waals surface area contributed by atoms with Crippen molar-refractivity contribution < 1.29 is 33.6 Å². The molecule has 2 aromatic carbocycles. The molecule has 10 heteroatoms. The Morgan fingerprint density at radius 2 is 1.89 bits per heavy atom. The van der Waals surface area contributed by atoms with Crippen molar-refractivity contribution in [2.75, 3.05) is 33.6 Å². The second-order valence-electron chi connectivity index (χ2n) is 9.39. The largest absolute Gasteiger partial charge is 0.504 e. The first-order chi connectivity index (χ1) is 17.4. The number of aromatic hydroxyl groups is 1. The lowest BCUT2D eigenvalue weighted by molar-refractivity contribution is -0.141. The van der Waals surface area contributed by atoms with Crippen LogP contribution in [0.15, 0.2) is 24.3 Å². The fourth-order valence-corrected chi connectivity index (χ4v) is 5.52.